The SMILES string of the molecule is CNc1nccnc1CC1CCCN(C(=O)CCn2ccnc2)C1. The second-order valence-corrected chi connectivity index (χ2v) is 6.20. The van der Waals surface area contributed by atoms with Crippen LogP contribution in [0.2, 0.25) is 0 Å². The highest BCUT2D eigenvalue weighted by Crippen LogP contribution is 2.23. The van der Waals surface area contributed by atoms with Gasteiger partial charge in [-0.05, 0) is 25.2 Å². The van der Waals surface area contributed by atoms with Crippen molar-refractivity contribution in [3.8, 4) is 0 Å². The molecule has 1 aliphatic heterocycles. The molecule has 7 heteroatoms. The summed E-state index contributed by atoms with van der Waals surface area (Å²) in [7, 11) is 1.86. The number of rotatable bonds is 6. The molecular formula is C17H24N6O. The predicted molar refractivity (Wildman–Crippen MR) is 91.4 cm³/mol. The van der Waals surface area contributed by atoms with E-state index >= 15 is 0 Å². The fourth-order valence-corrected chi connectivity index (χ4v) is 3.26. The van der Waals surface area contributed by atoms with Gasteiger partial charge >= 0.3 is 0 Å². The molecule has 1 fully saturated rings. The topological polar surface area (TPSA) is 75.9 Å². The van der Waals surface area contributed by atoms with E-state index in [0.717, 1.165) is 43.9 Å². The van der Waals surface area contributed by atoms with Crippen molar-refractivity contribution in [3.05, 3.63) is 36.8 Å². The highest BCUT2D eigenvalue weighted by molar-refractivity contribution is 5.76. The molecule has 3 rings (SSSR count). The van der Waals surface area contributed by atoms with Gasteiger partial charge in [0.25, 0.3) is 0 Å². The number of anilines is 1. The van der Waals surface area contributed by atoms with Crippen molar-refractivity contribution in [2.24, 2.45) is 5.92 Å². The van der Waals surface area contributed by atoms with Crippen molar-refractivity contribution in [2.45, 2.75) is 32.2 Å². The third-order valence-electron chi connectivity index (χ3n) is 4.51. The monoisotopic (exact) mass is 328 g/mol. The summed E-state index contributed by atoms with van der Waals surface area (Å²) in [6, 6.07) is 0. The molecular weight excluding hydrogens is 304 g/mol. The zero-order valence-electron chi connectivity index (χ0n) is 14.1. The number of piperidine rings is 1. The number of aromatic nitrogens is 4. The Morgan fingerprint density at radius 1 is 1.33 bits per heavy atom. The summed E-state index contributed by atoms with van der Waals surface area (Å²) in [5.41, 5.74) is 0.984. The van der Waals surface area contributed by atoms with Gasteiger partial charge in [-0.2, -0.15) is 0 Å². The Balaban J connectivity index is 1.54. The molecule has 0 bridgehead atoms. The number of likely N-dealkylation sites (tertiary alicyclic amines) is 1. The maximum absolute atomic E-state index is 12.5. The lowest BCUT2D eigenvalue weighted by Crippen LogP contribution is -2.40. The van der Waals surface area contributed by atoms with Crippen LogP contribution in [0.3, 0.4) is 0 Å². The van der Waals surface area contributed by atoms with Gasteiger partial charge in [0.1, 0.15) is 5.82 Å². The molecule has 128 valence electrons. The van der Waals surface area contributed by atoms with Gasteiger partial charge in [0.2, 0.25) is 5.91 Å². The lowest BCUT2D eigenvalue weighted by atomic mass is 9.93. The molecule has 1 unspecified atom stereocenters. The minimum absolute atomic E-state index is 0.224. The molecule has 7 nitrogen and oxygen atoms in total. The maximum atomic E-state index is 12.5. The molecule has 0 saturated carbocycles. The Kier molecular flexibility index (Phi) is 5.40. The van der Waals surface area contributed by atoms with E-state index < -0.39 is 0 Å². The van der Waals surface area contributed by atoms with E-state index in [1.165, 1.54) is 0 Å². The van der Waals surface area contributed by atoms with Crippen LogP contribution in [0.15, 0.2) is 31.1 Å². The van der Waals surface area contributed by atoms with Crippen LogP contribution in [0, 0.1) is 5.92 Å². The van der Waals surface area contributed by atoms with Crippen molar-refractivity contribution in [2.75, 3.05) is 25.5 Å². The van der Waals surface area contributed by atoms with Crippen LogP contribution >= 0.6 is 0 Å². The van der Waals surface area contributed by atoms with Gasteiger partial charge in [0.15, 0.2) is 0 Å². The number of imidazole rings is 1. The second kappa shape index (κ2) is 7.90. The second-order valence-electron chi connectivity index (χ2n) is 6.20. The Morgan fingerprint density at radius 3 is 3.00 bits per heavy atom. The van der Waals surface area contributed by atoms with Crippen molar-refractivity contribution >= 4 is 11.7 Å². The summed E-state index contributed by atoms with van der Waals surface area (Å²) in [5, 5.41) is 3.09. The van der Waals surface area contributed by atoms with E-state index in [1.807, 2.05) is 22.7 Å². The molecule has 2 aromatic rings. The van der Waals surface area contributed by atoms with Gasteiger partial charge in [-0.3, -0.25) is 9.78 Å². The molecule has 1 atom stereocenters. The normalized spacial score (nSPS) is 17.7. The Morgan fingerprint density at radius 2 is 2.21 bits per heavy atom. The van der Waals surface area contributed by atoms with Crippen LogP contribution in [-0.2, 0) is 17.8 Å². The third kappa shape index (κ3) is 4.10. The van der Waals surface area contributed by atoms with E-state index in [2.05, 4.69) is 20.3 Å². The summed E-state index contributed by atoms with van der Waals surface area (Å²) in [4.78, 5) is 27.2. The third-order valence-corrected chi connectivity index (χ3v) is 4.51. The van der Waals surface area contributed by atoms with E-state index in [-0.39, 0.29) is 5.91 Å². The average Bonchev–Trinajstić information content (AvgIpc) is 3.14. The number of nitrogens with zero attached hydrogens (tertiary/aromatic N) is 5. The van der Waals surface area contributed by atoms with Crippen molar-refractivity contribution in [1.82, 2.24) is 24.4 Å². The van der Waals surface area contributed by atoms with Gasteiger partial charge < -0.3 is 14.8 Å². The number of hydrogen-bond donors (Lipinski definition) is 1. The van der Waals surface area contributed by atoms with Crippen LogP contribution in [0.4, 0.5) is 5.82 Å². The first-order valence-electron chi connectivity index (χ1n) is 8.47. The molecule has 1 N–H and O–H groups in total. The summed E-state index contributed by atoms with van der Waals surface area (Å²) in [6.07, 6.45) is 12.4. The van der Waals surface area contributed by atoms with Crippen molar-refractivity contribution < 1.29 is 4.79 Å². The average molecular weight is 328 g/mol. The first-order valence-corrected chi connectivity index (χ1v) is 8.47. The number of carbonyl (C=O) groups excluding carboxylic acids is 1. The van der Waals surface area contributed by atoms with Crippen LogP contribution in [0.5, 0.6) is 0 Å². The van der Waals surface area contributed by atoms with Crippen LogP contribution in [-0.4, -0.2) is 50.5 Å². The molecule has 0 aliphatic carbocycles. The van der Waals surface area contributed by atoms with Crippen molar-refractivity contribution in [1.29, 1.82) is 0 Å². The van der Waals surface area contributed by atoms with Crippen molar-refractivity contribution in [3.63, 3.8) is 0 Å². The molecule has 3 heterocycles. The number of amides is 1. The summed E-state index contributed by atoms with van der Waals surface area (Å²) < 4.78 is 1.94. The molecule has 1 aliphatic rings. The Hall–Kier alpha value is -2.44. The minimum atomic E-state index is 0.224. The summed E-state index contributed by atoms with van der Waals surface area (Å²) in [5.74, 6) is 1.50. The number of carbonyl (C=O) groups is 1. The Bertz CT molecular complexity index is 657. The van der Waals surface area contributed by atoms with Crippen LogP contribution in [0.25, 0.3) is 0 Å². The standard InChI is InChI=1S/C17H24N6O/c1-18-17-15(20-5-6-21-17)11-14-3-2-8-23(12-14)16(24)4-9-22-10-7-19-13-22/h5-7,10,13-14H,2-4,8-9,11-12H2,1H3,(H,18,21). The number of nitrogens with one attached hydrogen (secondary N) is 1. The highest BCUT2D eigenvalue weighted by Gasteiger charge is 2.24. The minimum Gasteiger partial charge on any atom is -0.372 e. The predicted octanol–water partition coefficient (Wildman–Crippen LogP) is 1.59. The lowest BCUT2D eigenvalue weighted by molar-refractivity contribution is -0.133. The zero-order valence-corrected chi connectivity index (χ0v) is 14.1. The molecule has 0 spiro atoms. The van der Waals surface area contributed by atoms with Crippen LogP contribution in [0.1, 0.15) is 25.0 Å². The molecule has 1 amide bonds. The fraction of sp³-hybridized carbons (Fsp3) is 0.529. The first-order chi connectivity index (χ1) is 11.8. The van der Waals surface area contributed by atoms with Gasteiger partial charge in [0, 0.05) is 57.9 Å². The van der Waals surface area contributed by atoms with Gasteiger partial charge in [-0.15, -0.1) is 0 Å². The molecule has 0 radical (unpaired) electrons. The first kappa shape index (κ1) is 16.4. The smallest absolute Gasteiger partial charge is 0.224 e. The van der Waals surface area contributed by atoms with E-state index in [0.29, 0.717) is 18.9 Å². The van der Waals surface area contributed by atoms with Gasteiger partial charge in [-0.25, -0.2) is 9.97 Å². The molecule has 0 aromatic carbocycles. The van der Waals surface area contributed by atoms with E-state index in [9.17, 15) is 4.79 Å². The lowest BCUT2D eigenvalue weighted by Gasteiger charge is -2.33. The maximum Gasteiger partial charge on any atom is 0.224 e. The zero-order chi connectivity index (χ0) is 16.8. The summed E-state index contributed by atoms with van der Waals surface area (Å²) >= 11 is 0. The quantitative estimate of drug-likeness (QED) is 0.871. The number of aryl methyl sites for hydroxylation is 1. The van der Waals surface area contributed by atoms with E-state index in [4.69, 9.17) is 0 Å². The highest BCUT2D eigenvalue weighted by atomic mass is 16.2. The largest absolute Gasteiger partial charge is 0.372 e. The Labute approximate surface area is 142 Å². The molecule has 1 saturated heterocycles. The molecule has 2 aromatic heterocycles. The summed E-state index contributed by atoms with van der Waals surface area (Å²) in [6.45, 7) is 2.36. The molecule has 24 heavy (non-hydrogen) atoms. The number of hydrogen-bond acceptors (Lipinski definition) is 5. The van der Waals surface area contributed by atoms with Gasteiger partial charge in [0.05, 0.1) is 12.0 Å². The van der Waals surface area contributed by atoms with Crippen LogP contribution < -0.4 is 5.32 Å². The fourth-order valence-electron chi connectivity index (χ4n) is 3.26. The van der Waals surface area contributed by atoms with E-state index in [1.54, 1.807) is 24.9 Å². The van der Waals surface area contributed by atoms with Gasteiger partial charge in [-0.1, -0.05) is 0 Å².